The van der Waals surface area contributed by atoms with E-state index >= 15 is 0 Å². The van der Waals surface area contributed by atoms with Crippen molar-refractivity contribution >= 4 is 0 Å². The lowest BCUT2D eigenvalue weighted by atomic mass is 9.92. The third-order valence-electron chi connectivity index (χ3n) is 2.83. The van der Waals surface area contributed by atoms with Crippen LogP contribution in [0.1, 0.15) is 33.1 Å². The highest BCUT2D eigenvalue weighted by molar-refractivity contribution is 4.98. The first kappa shape index (κ1) is 9.19. The smallest absolute Gasteiger partial charge is 0.201 e. The van der Waals surface area contributed by atoms with Crippen molar-refractivity contribution in [3.63, 3.8) is 0 Å². The molecule has 3 unspecified atom stereocenters. The van der Waals surface area contributed by atoms with Crippen molar-refractivity contribution in [2.75, 3.05) is 0 Å². The molecular weight excluding hydrogens is 168 g/mol. The lowest BCUT2D eigenvalue weighted by molar-refractivity contribution is -0.332. The van der Waals surface area contributed by atoms with Crippen molar-refractivity contribution < 1.29 is 14.5 Å². The van der Waals surface area contributed by atoms with Gasteiger partial charge in [0.15, 0.2) is 6.29 Å². The summed E-state index contributed by atoms with van der Waals surface area (Å²) in [4.78, 5) is 10.2. The van der Waals surface area contributed by atoms with Crippen molar-refractivity contribution in [3.8, 4) is 0 Å². The molecule has 0 aromatic rings. The van der Waals surface area contributed by atoms with Gasteiger partial charge in [0.2, 0.25) is 5.79 Å². The van der Waals surface area contributed by atoms with Gasteiger partial charge < -0.3 is 4.74 Å². The van der Waals surface area contributed by atoms with Crippen molar-refractivity contribution in [2.24, 2.45) is 5.92 Å². The third kappa shape index (κ3) is 1.77. The van der Waals surface area contributed by atoms with Crippen molar-refractivity contribution in [1.29, 1.82) is 0 Å². The van der Waals surface area contributed by atoms with Crippen LogP contribution in [0.25, 0.3) is 0 Å². The minimum Gasteiger partial charge on any atom is -0.315 e. The molecule has 2 fully saturated rings. The van der Waals surface area contributed by atoms with Crippen LogP contribution in [0.2, 0.25) is 0 Å². The first-order valence-electron chi connectivity index (χ1n) is 4.77. The summed E-state index contributed by atoms with van der Waals surface area (Å²) < 4.78 is 5.60. The molecule has 3 heteroatoms. The summed E-state index contributed by atoms with van der Waals surface area (Å²) in [6.07, 6.45) is 2.62. The molecule has 3 nitrogen and oxygen atoms in total. The maximum atomic E-state index is 5.60. The lowest BCUT2D eigenvalue weighted by Crippen LogP contribution is -2.25. The Bertz CT molecular complexity index is 226. The number of ether oxygens (including phenoxy) is 1. The highest BCUT2D eigenvalue weighted by Crippen LogP contribution is 2.39. The molecule has 2 rings (SSSR count). The Morgan fingerprint density at radius 3 is 3.00 bits per heavy atom. The average Bonchev–Trinajstić information content (AvgIpc) is 2.29. The van der Waals surface area contributed by atoms with E-state index in [4.69, 9.17) is 14.5 Å². The van der Waals surface area contributed by atoms with Crippen LogP contribution in [0, 0.1) is 5.92 Å². The molecule has 2 aliphatic heterocycles. The molecule has 0 aromatic heterocycles. The van der Waals surface area contributed by atoms with E-state index in [1.807, 2.05) is 6.92 Å². The maximum absolute atomic E-state index is 5.60. The monoisotopic (exact) mass is 184 g/mol. The second kappa shape index (κ2) is 3.08. The van der Waals surface area contributed by atoms with Gasteiger partial charge in [0.1, 0.15) is 0 Å². The van der Waals surface area contributed by atoms with Crippen LogP contribution in [0.4, 0.5) is 0 Å². The lowest BCUT2D eigenvalue weighted by Gasteiger charge is -2.20. The van der Waals surface area contributed by atoms with E-state index in [-0.39, 0.29) is 6.29 Å². The molecule has 2 saturated heterocycles. The Kier molecular flexibility index (Phi) is 2.18. The van der Waals surface area contributed by atoms with Gasteiger partial charge in [-0.25, -0.2) is 4.89 Å². The van der Waals surface area contributed by atoms with E-state index in [0.29, 0.717) is 5.92 Å². The fourth-order valence-corrected chi connectivity index (χ4v) is 1.89. The Morgan fingerprint density at radius 2 is 2.31 bits per heavy atom. The minimum atomic E-state index is -0.519. The van der Waals surface area contributed by atoms with Crippen molar-refractivity contribution in [2.45, 2.75) is 45.2 Å². The summed E-state index contributed by atoms with van der Waals surface area (Å²) in [7, 11) is 0. The SMILES string of the molecule is C=C(C)C1CCC2(C)OOC(C1)O2. The summed E-state index contributed by atoms with van der Waals surface area (Å²) in [5.41, 5.74) is 1.21. The van der Waals surface area contributed by atoms with Gasteiger partial charge in [-0.3, -0.25) is 0 Å². The quantitative estimate of drug-likeness (QED) is 0.462. The molecule has 0 radical (unpaired) electrons. The number of hydrogen-bond acceptors (Lipinski definition) is 3. The largest absolute Gasteiger partial charge is 0.315 e. The van der Waals surface area contributed by atoms with Gasteiger partial charge in [0, 0.05) is 12.8 Å². The molecule has 2 aliphatic rings. The molecule has 0 aliphatic carbocycles. The Labute approximate surface area is 78.6 Å². The highest BCUT2D eigenvalue weighted by atomic mass is 17.3. The van der Waals surface area contributed by atoms with Crippen LogP contribution in [0.5, 0.6) is 0 Å². The predicted octanol–water partition coefficient (Wildman–Crippen LogP) is 2.38. The van der Waals surface area contributed by atoms with Gasteiger partial charge in [-0.15, -0.1) is 0 Å². The molecule has 0 spiro atoms. The zero-order chi connectivity index (χ0) is 9.47. The topological polar surface area (TPSA) is 27.7 Å². The summed E-state index contributed by atoms with van der Waals surface area (Å²) in [6, 6.07) is 0. The maximum Gasteiger partial charge on any atom is 0.201 e. The molecule has 13 heavy (non-hydrogen) atoms. The van der Waals surface area contributed by atoms with Crippen LogP contribution in [-0.2, 0) is 14.5 Å². The summed E-state index contributed by atoms with van der Waals surface area (Å²) in [5, 5.41) is 0. The fourth-order valence-electron chi connectivity index (χ4n) is 1.89. The first-order valence-corrected chi connectivity index (χ1v) is 4.77. The Morgan fingerprint density at radius 1 is 1.54 bits per heavy atom. The van der Waals surface area contributed by atoms with Gasteiger partial charge in [-0.05, 0) is 26.2 Å². The average molecular weight is 184 g/mol. The molecule has 0 aromatic carbocycles. The number of fused-ring (bicyclic) bond motifs is 2. The Hall–Kier alpha value is -0.380. The van der Waals surface area contributed by atoms with E-state index in [1.54, 1.807) is 0 Å². The van der Waals surface area contributed by atoms with Crippen molar-refractivity contribution in [1.82, 2.24) is 0 Å². The second-order valence-corrected chi connectivity index (χ2v) is 4.18. The number of hydrogen-bond donors (Lipinski definition) is 0. The minimum absolute atomic E-state index is 0.200. The van der Waals surface area contributed by atoms with E-state index < -0.39 is 5.79 Å². The van der Waals surface area contributed by atoms with Crippen LogP contribution < -0.4 is 0 Å². The third-order valence-corrected chi connectivity index (χ3v) is 2.83. The normalized spacial score (nSPS) is 44.5. The van der Waals surface area contributed by atoms with E-state index in [2.05, 4.69) is 13.5 Å². The van der Waals surface area contributed by atoms with Crippen LogP contribution >= 0.6 is 0 Å². The fraction of sp³-hybridized carbons (Fsp3) is 0.800. The first-order chi connectivity index (χ1) is 6.09. The number of rotatable bonds is 1. The molecule has 2 heterocycles. The van der Waals surface area contributed by atoms with Gasteiger partial charge >= 0.3 is 0 Å². The standard InChI is InChI=1S/C10H16O3/c1-7(2)8-4-5-10(3)11-9(6-8)12-13-10/h8-9H,1,4-6H2,2-3H3. The molecular formula is C10H16O3. The molecule has 3 atom stereocenters. The van der Waals surface area contributed by atoms with Crippen LogP contribution in [0.15, 0.2) is 12.2 Å². The van der Waals surface area contributed by atoms with Crippen LogP contribution in [-0.4, -0.2) is 12.1 Å². The Balaban J connectivity index is 2.07. The van der Waals surface area contributed by atoms with Gasteiger partial charge in [0.25, 0.3) is 0 Å². The second-order valence-electron chi connectivity index (χ2n) is 4.18. The zero-order valence-electron chi connectivity index (χ0n) is 8.21. The summed E-state index contributed by atoms with van der Waals surface area (Å²) in [6.45, 7) is 7.96. The van der Waals surface area contributed by atoms with Crippen molar-refractivity contribution in [3.05, 3.63) is 12.2 Å². The molecule has 0 saturated carbocycles. The number of allylic oxidation sites excluding steroid dienone is 1. The molecule has 0 amide bonds. The summed E-state index contributed by atoms with van der Waals surface area (Å²) >= 11 is 0. The highest BCUT2D eigenvalue weighted by Gasteiger charge is 2.43. The van der Waals surface area contributed by atoms with E-state index in [9.17, 15) is 0 Å². The van der Waals surface area contributed by atoms with Gasteiger partial charge in [-0.1, -0.05) is 12.2 Å². The summed E-state index contributed by atoms with van der Waals surface area (Å²) in [5.74, 6) is -0.00905. The van der Waals surface area contributed by atoms with Gasteiger partial charge in [-0.2, -0.15) is 4.89 Å². The van der Waals surface area contributed by atoms with Crippen LogP contribution in [0.3, 0.4) is 0 Å². The molecule has 74 valence electrons. The predicted molar refractivity (Wildman–Crippen MR) is 47.6 cm³/mol. The molecule has 2 bridgehead atoms. The van der Waals surface area contributed by atoms with Gasteiger partial charge in [0.05, 0.1) is 0 Å². The zero-order valence-corrected chi connectivity index (χ0v) is 8.21. The molecule has 0 N–H and O–H groups in total. The van der Waals surface area contributed by atoms with E-state index in [0.717, 1.165) is 19.3 Å². The van der Waals surface area contributed by atoms with E-state index in [1.165, 1.54) is 5.57 Å².